The van der Waals surface area contributed by atoms with Crippen LogP contribution in [0.25, 0.3) is 17.1 Å². The van der Waals surface area contributed by atoms with Crippen LogP contribution in [0.2, 0.25) is 0 Å². The molecule has 4 rings (SSSR count). The van der Waals surface area contributed by atoms with Crippen molar-refractivity contribution in [1.29, 1.82) is 0 Å². The number of nitrogens with zero attached hydrogens (tertiary/aromatic N) is 3. The fraction of sp³-hybridized carbons (Fsp3) is 0.125. The van der Waals surface area contributed by atoms with Crippen molar-refractivity contribution in [2.75, 3.05) is 5.32 Å². The Morgan fingerprint density at radius 1 is 0.931 bits per heavy atom. The predicted octanol–water partition coefficient (Wildman–Crippen LogP) is 5.06. The molecular weight excluding hydrogens is 360 g/mol. The van der Waals surface area contributed by atoms with Crippen LogP contribution >= 0.6 is 0 Å². The summed E-state index contributed by atoms with van der Waals surface area (Å²) >= 11 is 0. The Balaban J connectivity index is 1.74. The molecule has 29 heavy (non-hydrogen) atoms. The van der Waals surface area contributed by atoms with Gasteiger partial charge in [0.1, 0.15) is 0 Å². The number of anilines is 1. The van der Waals surface area contributed by atoms with Crippen molar-refractivity contribution in [3.05, 3.63) is 95.8 Å². The smallest absolute Gasteiger partial charge is 0.295 e. The van der Waals surface area contributed by atoms with E-state index in [2.05, 4.69) is 22.3 Å². The van der Waals surface area contributed by atoms with E-state index in [1.54, 1.807) is 4.68 Å². The molecule has 5 heteroatoms. The summed E-state index contributed by atoms with van der Waals surface area (Å²) < 4.78 is 1.72. The fourth-order valence-electron chi connectivity index (χ4n) is 3.18. The summed E-state index contributed by atoms with van der Waals surface area (Å²) in [6.45, 7) is 4.09. The van der Waals surface area contributed by atoms with Crippen LogP contribution in [-0.2, 0) is 6.42 Å². The van der Waals surface area contributed by atoms with Crippen LogP contribution in [0.4, 0.5) is 5.69 Å². The maximum Gasteiger partial charge on any atom is 0.295 e. The molecule has 0 saturated heterocycles. The van der Waals surface area contributed by atoms with Crippen molar-refractivity contribution in [3.63, 3.8) is 0 Å². The molecule has 0 atom stereocenters. The number of carbonyl (C=O) groups is 1. The average molecular weight is 382 g/mol. The second-order valence-corrected chi connectivity index (χ2v) is 6.84. The van der Waals surface area contributed by atoms with Crippen LogP contribution in [-0.4, -0.2) is 20.7 Å². The highest BCUT2D eigenvalue weighted by Crippen LogP contribution is 2.22. The molecule has 0 bridgehead atoms. The average Bonchev–Trinajstić information content (AvgIpc) is 3.21. The van der Waals surface area contributed by atoms with Crippen molar-refractivity contribution in [3.8, 4) is 17.1 Å². The first-order valence-electron chi connectivity index (χ1n) is 9.64. The van der Waals surface area contributed by atoms with E-state index in [-0.39, 0.29) is 11.7 Å². The van der Waals surface area contributed by atoms with E-state index in [1.807, 2.05) is 85.8 Å². The van der Waals surface area contributed by atoms with Gasteiger partial charge in [-0.1, -0.05) is 73.2 Å². The minimum atomic E-state index is -0.325. The number of hydrogen-bond donors (Lipinski definition) is 1. The molecule has 0 aliphatic heterocycles. The molecule has 1 N–H and O–H groups in total. The Labute approximate surface area is 170 Å². The first-order chi connectivity index (χ1) is 14.2. The van der Waals surface area contributed by atoms with Crippen LogP contribution in [0.1, 0.15) is 28.7 Å². The summed E-state index contributed by atoms with van der Waals surface area (Å²) in [7, 11) is 0. The molecule has 4 aromatic rings. The Morgan fingerprint density at radius 2 is 1.62 bits per heavy atom. The number of aryl methyl sites for hydroxylation is 2. The Bertz CT molecular complexity index is 1130. The van der Waals surface area contributed by atoms with E-state index in [9.17, 15) is 4.79 Å². The molecule has 0 aliphatic carbocycles. The first kappa shape index (κ1) is 18.6. The molecule has 1 heterocycles. The standard InChI is InChI=1S/C24H22N4O/c1-3-18-9-7-8-12-21(18)25-24(29)22-26-23(19-10-5-4-6-11-19)28(27-22)20-15-13-17(2)14-16-20/h4-16H,3H2,1-2H3,(H,25,29). The fourth-order valence-corrected chi connectivity index (χ4v) is 3.18. The van der Waals surface area contributed by atoms with Crippen molar-refractivity contribution >= 4 is 11.6 Å². The van der Waals surface area contributed by atoms with Gasteiger partial charge in [0.25, 0.3) is 5.91 Å². The molecule has 5 nitrogen and oxygen atoms in total. The third kappa shape index (κ3) is 3.94. The molecule has 1 amide bonds. The van der Waals surface area contributed by atoms with Crippen molar-refractivity contribution < 1.29 is 4.79 Å². The van der Waals surface area contributed by atoms with Gasteiger partial charge in [-0.05, 0) is 37.1 Å². The molecule has 0 saturated carbocycles. The number of carbonyl (C=O) groups excluding carboxylic acids is 1. The summed E-state index contributed by atoms with van der Waals surface area (Å²) in [4.78, 5) is 17.5. The van der Waals surface area contributed by atoms with E-state index >= 15 is 0 Å². The van der Waals surface area contributed by atoms with Gasteiger partial charge in [0.15, 0.2) is 5.82 Å². The highest BCUT2D eigenvalue weighted by atomic mass is 16.2. The Morgan fingerprint density at radius 3 is 2.34 bits per heavy atom. The topological polar surface area (TPSA) is 59.8 Å². The van der Waals surface area contributed by atoms with Crippen LogP contribution in [0.5, 0.6) is 0 Å². The van der Waals surface area contributed by atoms with Gasteiger partial charge < -0.3 is 5.32 Å². The second-order valence-electron chi connectivity index (χ2n) is 6.84. The van der Waals surface area contributed by atoms with Crippen LogP contribution in [0.3, 0.4) is 0 Å². The lowest BCUT2D eigenvalue weighted by atomic mass is 10.1. The number of hydrogen-bond acceptors (Lipinski definition) is 3. The summed E-state index contributed by atoms with van der Waals surface area (Å²) in [6.07, 6.45) is 0.830. The third-order valence-corrected chi connectivity index (χ3v) is 4.77. The molecule has 0 radical (unpaired) electrons. The molecule has 0 spiro atoms. The summed E-state index contributed by atoms with van der Waals surface area (Å²) in [6, 6.07) is 25.5. The van der Waals surface area contributed by atoms with Gasteiger partial charge in [0.05, 0.1) is 5.69 Å². The van der Waals surface area contributed by atoms with Crippen molar-refractivity contribution in [2.24, 2.45) is 0 Å². The van der Waals surface area contributed by atoms with Crippen molar-refractivity contribution in [1.82, 2.24) is 14.8 Å². The van der Waals surface area contributed by atoms with E-state index in [0.29, 0.717) is 5.82 Å². The number of amides is 1. The lowest BCUT2D eigenvalue weighted by Crippen LogP contribution is -2.15. The highest BCUT2D eigenvalue weighted by Gasteiger charge is 2.19. The van der Waals surface area contributed by atoms with Crippen molar-refractivity contribution in [2.45, 2.75) is 20.3 Å². The minimum Gasteiger partial charge on any atom is -0.319 e. The number of rotatable bonds is 5. The zero-order valence-corrected chi connectivity index (χ0v) is 16.5. The summed E-state index contributed by atoms with van der Waals surface area (Å²) in [5, 5.41) is 7.48. The van der Waals surface area contributed by atoms with Gasteiger partial charge in [-0.3, -0.25) is 4.79 Å². The SMILES string of the molecule is CCc1ccccc1NC(=O)c1nc(-c2ccccc2)n(-c2ccc(C)cc2)n1. The lowest BCUT2D eigenvalue weighted by Gasteiger charge is -2.07. The highest BCUT2D eigenvalue weighted by molar-refractivity contribution is 6.02. The molecule has 0 aliphatic rings. The Hall–Kier alpha value is -3.73. The molecular formula is C24H22N4O. The molecule has 1 aromatic heterocycles. The lowest BCUT2D eigenvalue weighted by molar-refractivity contribution is 0.101. The van der Waals surface area contributed by atoms with Gasteiger partial charge in [-0.25, -0.2) is 9.67 Å². The van der Waals surface area contributed by atoms with Gasteiger partial charge in [0, 0.05) is 11.3 Å². The van der Waals surface area contributed by atoms with E-state index in [0.717, 1.165) is 34.5 Å². The molecule has 3 aromatic carbocycles. The van der Waals surface area contributed by atoms with E-state index in [4.69, 9.17) is 0 Å². The molecule has 144 valence electrons. The quantitative estimate of drug-likeness (QED) is 0.525. The number of benzene rings is 3. The maximum atomic E-state index is 12.9. The minimum absolute atomic E-state index is 0.135. The van der Waals surface area contributed by atoms with Gasteiger partial charge in [0.2, 0.25) is 5.82 Å². The summed E-state index contributed by atoms with van der Waals surface area (Å²) in [5.74, 6) is 0.438. The summed E-state index contributed by atoms with van der Waals surface area (Å²) in [5.41, 5.74) is 4.77. The third-order valence-electron chi connectivity index (χ3n) is 4.77. The zero-order valence-electron chi connectivity index (χ0n) is 16.5. The monoisotopic (exact) mass is 382 g/mol. The number of para-hydroxylation sites is 1. The zero-order chi connectivity index (χ0) is 20.2. The van der Waals surface area contributed by atoms with Crippen LogP contribution in [0, 0.1) is 6.92 Å². The predicted molar refractivity (Wildman–Crippen MR) is 115 cm³/mol. The number of aromatic nitrogens is 3. The van der Waals surface area contributed by atoms with Gasteiger partial charge >= 0.3 is 0 Å². The number of nitrogens with one attached hydrogen (secondary N) is 1. The second kappa shape index (κ2) is 8.10. The Kier molecular flexibility index (Phi) is 5.20. The molecule has 0 fully saturated rings. The van der Waals surface area contributed by atoms with Crippen LogP contribution < -0.4 is 5.32 Å². The van der Waals surface area contributed by atoms with Crippen LogP contribution in [0.15, 0.2) is 78.9 Å². The van der Waals surface area contributed by atoms with Gasteiger partial charge in [-0.2, -0.15) is 0 Å². The largest absolute Gasteiger partial charge is 0.319 e. The first-order valence-corrected chi connectivity index (χ1v) is 9.64. The maximum absolute atomic E-state index is 12.9. The van der Waals surface area contributed by atoms with E-state index < -0.39 is 0 Å². The molecule has 0 unspecified atom stereocenters. The van der Waals surface area contributed by atoms with E-state index in [1.165, 1.54) is 0 Å². The van der Waals surface area contributed by atoms with Gasteiger partial charge in [-0.15, -0.1) is 5.10 Å². The normalized spacial score (nSPS) is 10.7.